The zero-order valence-electron chi connectivity index (χ0n) is 21.2. The van der Waals surface area contributed by atoms with Gasteiger partial charge in [0.1, 0.15) is 16.4 Å². The molecular formula is C30H36N4OS. The second-order valence-electron chi connectivity index (χ2n) is 9.99. The van der Waals surface area contributed by atoms with Gasteiger partial charge in [0.2, 0.25) is 0 Å². The molecule has 2 heterocycles. The van der Waals surface area contributed by atoms with Crippen molar-refractivity contribution in [3.63, 3.8) is 0 Å². The Balaban J connectivity index is 1.44. The van der Waals surface area contributed by atoms with Crippen molar-refractivity contribution in [1.82, 2.24) is 13.8 Å². The number of benzene rings is 3. The number of nitrogens with two attached hydrogens (primary N) is 1. The van der Waals surface area contributed by atoms with E-state index < -0.39 is 16.4 Å². The number of hydrogen-bond donors (Lipinski definition) is 1. The van der Waals surface area contributed by atoms with Gasteiger partial charge in [-0.05, 0) is 67.2 Å². The molecule has 1 fully saturated rings. The quantitative estimate of drug-likeness (QED) is 0.349. The van der Waals surface area contributed by atoms with Crippen LogP contribution in [-0.4, -0.2) is 44.7 Å². The SMILES string of the molecule is CN1CCC[C@@H]1Cc1cn(Cc2ccccc2)c2ccc(C(N)S(=O)N(C)Cc3ccccc3)cc12. The van der Waals surface area contributed by atoms with E-state index in [4.69, 9.17) is 5.73 Å². The fourth-order valence-corrected chi connectivity index (χ4v) is 6.39. The van der Waals surface area contributed by atoms with Gasteiger partial charge in [0.05, 0.1) is 0 Å². The van der Waals surface area contributed by atoms with Crippen molar-refractivity contribution in [3.8, 4) is 0 Å². The third-order valence-electron chi connectivity index (χ3n) is 7.41. The molecule has 188 valence electrons. The second-order valence-corrected chi connectivity index (χ2v) is 11.7. The molecular weight excluding hydrogens is 464 g/mol. The van der Waals surface area contributed by atoms with E-state index in [9.17, 15) is 4.21 Å². The summed E-state index contributed by atoms with van der Waals surface area (Å²) in [5, 5.41) is 0.643. The Labute approximate surface area is 217 Å². The topological polar surface area (TPSA) is 54.5 Å². The minimum absolute atomic E-state index is 0.559. The third-order valence-corrected chi connectivity index (χ3v) is 8.86. The van der Waals surface area contributed by atoms with Crippen LogP contribution in [0.15, 0.2) is 85.1 Å². The molecule has 0 spiro atoms. The van der Waals surface area contributed by atoms with Gasteiger partial charge in [-0.15, -0.1) is 0 Å². The van der Waals surface area contributed by atoms with Gasteiger partial charge in [-0.3, -0.25) is 0 Å². The minimum atomic E-state index is -1.35. The lowest BCUT2D eigenvalue weighted by atomic mass is 10.0. The first-order valence-electron chi connectivity index (χ1n) is 12.8. The number of nitrogens with zero attached hydrogens (tertiary/aromatic N) is 3. The highest BCUT2D eigenvalue weighted by Gasteiger charge is 2.24. The summed E-state index contributed by atoms with van der Waals surface area (Å²) in [7, 11) is 2.76. The van der Waals surface area contributed by atoms with Crippen molar-refractivity contribution in [1.29, 1.82) is 0 Å². The van der Waals surface area contributed by atoms with Crippen molar-refractivity contribution in [2.75, 3.05) is 20.6 Å². The van der Waals surface area contributed by atoms with Gasteiger partial charge in [-0.1, -0.05) is 66.7 Å². The van der Waals surface area contributed by atoms with Crippen LogP contribution < -0.4 is 5.73 Å². The Morgan fingerprint density at radius 1 is 1.03 bits per heavy atom. The second kappa shape index (κ2) is 11.1. The van der Waals surface area contributed by atoms with E-state index in [1.165, 1.54) is 34.9 Å². The molecule has 2 unspecified atom stereocenters. The van der Waals surface area contributed by atoms with Crippen LogP contribution in [0.3, 0.4) is 0 Å². The van der Waals surface area contributed by atoms with Crippen LogP contribution in [0.5, 0.6) is 0 Å². The van der Waals surface area contributed by atoms with Crippen molar-refractivity contribution >= 4 is 21.9 Å². The Morgan fingerprint density at radius 3 is 2.39 bits per heavy atom. The van der Waals surface area contributed by atoms with E-state index in [2.05, 4.69) is 65.2 Å². The van der Waals surface area contributed by atoms with E-state index in [-0.39, 0.29) is 0 Å². The predicted octanol–water partition coefficient (Wildman–Crippen LogP) is 5.08. The molecule has 5 nitrogen and oxygen atoms in total. The van der Waals surface area contributed by atoms with Gasteiger partial charge in [-0.25, -0.2) is 8.51 Å². The summed E-state index contributed by atoms with van der Waals surface area (Å²) >= 11 is 0. The first kappa shape index (κ1) is 24.9. The monoisotopic (exact) mass is 500 g/mol. The number of likely N-dealkylation sites (N-methyl/N-ethyl adjacent to an activating group) is 1. The van der Waals surface area contributed by atoms with E-state index in [0.717, 1.165) is 30.6 Å². The van der Waals surface area contributed by atoms with Gasteiger partial charge in [0.25, 0.3) is 0 Å². The summed E-state index contributed by atoms with van der Waals surface area (Å²) in [4.78, 5) is 2.48. The average Bonchev–Trinajstić information content (AvgIpc) is 3.46. The Morgan fingerprint density at radius 2 is 1.72 bits per heavy atom. The number of hydrogen-bond acceptors (Lipinski definition) is 3. The molecule has 1 aliphatic rings. The molecule has 1 aliphatic heterocycles. The Kier molecular flexibility index (Phi) is 7.67. The number of aromatic nitrogens is 1. The molecule has 6 heteroatoms. The molecule has 0 radical (unpaired) electrons. The van der Waals surface area contributed by atoms with Crippen LogP contribution in [-0.2, 0) is 30.5 Å². The summed E-state index contributed by atoms with van der Waals surface area (Å²) in [6.45, 7) is 2.58. The molecule has 0 amide bonds. The Hall–Kier alpha value is -2.77. The number of rotatable bonds is 9. The third kappa shape index (κ3) is 5.47. The van der Waals surface area contributed by atoms with Gasteiger partial charge in [-0.2, -0.15) is 0 Å². The molecule has 2 N–H and O–H groups in total. The standard InChI is InChI=1S/C30H36N4OS/c1-32-17-9-14-27(32)18-26-22-34(21-24-12-7-4-8-13-24)29-16-15-25(19-28(26)29)30(31)36(35)33(2)20-23-10-5-3-6-11-23/h3-8,10-13,15-16,19,22,27,30H,9,14,17-18,20-21,31H2,1-2H3/t27-,30?,36?/m1/s1. The molecule has 0 saturated carbocycles. The number of likely N-dealkylation sites (tertiary alicyclic amines) is 1. The minimum Gasteiger partial charge on any atom is -0.343 e. The van der Waals surface area contributed by atoms with Crippen LogP contribution in [0.4, 0.5) is 0 Å². The smallest absolute Gasteiger partial charge is 0.121 e. The fourth-order valence-electron chi connectivity index (χ4n) is 5.34. The van der Waals surface area contributed by atoms with Crippen LogP contribution in [0, 0.1) is 0 Å². The highest BCUT2D eigenvalue weighted by atomic mass is 32.2. The first-order valence-corrected chi connectivity index (χ1v) is 13.9. The van der Waals surface area contributed by atoms with Crippen molar-refractivity contribution in [2.45, 2.75) is 43.8 Å². The molecule has 1 saturated heterocycles. The van der Waals surface area contributed by atoms with Crippen molar-refractivity contribution in [2.24, 2.45) is 5.73 Å². The maximum Gasteiger partial charge on any atom is 0.121 e. The van der Waals surface area contributed by atoms with E-state index in [0.29, 0.717) is 12.6 Å². The highest BCUT2D eigenvalue weighted by Crippen LogP contribution is 2.30. The van der Waals surface area contributed by atoms with E-state index in [1.54, 1.807) is 0 Å². The molecule has 0 aliphatic carbocycles. The summed E-state index contributed by atoms with van der Waals surface area (Å²) in [6, 6.07) is 27.6. The number of fused-ring (bicyclic) bond motifs is 1. The Bertz CT molecular complexity index is 1320. The highest BCUT2D eigenvalue weighted by molar-refractivity contribution is 7.82. The molecule has 36 heavy (non-hydrogen) atoms. The van der Waals surface area contributed by atoms with Crippen LogP contribution in [0.2, 0.25) is 0 Å². The van der Waals surface area contributed by atoms with Crippen LogP contribution in [0.1, 0.15) is 40.5 Å². The largest absolute Gasteiger partial charge is 0.343 e. The maximum absolute atomic E-state index is 13.3. The molecule has 1 aromatic heterocycles. The van der Waals surface area contributed by atoms with E-state index >= 15 is 0 Å². The lowest BCUT2D eigenvalue weighted by molar-refractivity contribution is 0.309. The zero-order chi connectivity index (χ0) is 25.1. The molecule has 5 rings (SSSR count). The zero-order valence-corrected chi connectivity index (χ0v) is 22.0. The lowest BCUT2D eigenvalue weighted by Crippen LogP contribution is -2.29. The van der Waals surface area contributed by atoms with Gasteiger partial charge in [0.15, 0.2) is 0 Å². The van der Waals surface area contributed by atoms with Crippen molar-refractivity contribution in [3.05, 3.63) is 107 Å². The van der Waals surface area contributed by atoms with Crippen LogP contribution in [0.25, 0.3) is 10.9 Å². The molecule has 4 aromatic rings. The molecule has 3 atom stereocenters. The van der Waals surface area contributed by atoms with E-state index in [1.807, 2.05) is 47.8 Å². The molecule has 0 bridgehead atoms. The summed E-state index contributed by atoms with van der Waals surface area (Å²) < 4.78 is 17.5. The summed E-state index contributed by atoms with van der Waals surface area (Å²) in [6.07, 6.45) is 5.82. The fraction of sp³-hybridized carbons (Fsp3) is 0.333. The van der Waals surface area contributed by atoms with Gasteiger partial charge < -0.3 is 15.2 Å². The van der Waals surface area contributed by atoms with Crippen molar-refractivity contribution < 1.29 is 4.21 Å². The summed E-state index contributed by atoms with van der Waals surface area (Å²) in [5.41, 5.74) is 12.5. The average molecular weight is 501 g/mol. The lowest BCUT2D eigenvalue weighted by Gasteiger charge is -2.21. The van der Waals surface area contributed by atoms with Crippen LogP contribution >= 0.6 is 0 Å². The van der Waals surface area contributed by atoms with Gasteiger partial charge in [0, 0.05) is 43.3 Å². The predicted molar refractivity (Wildman–Crippen MR) is 150 cm³/mol. The normalized spacial score (nSPS) is 18.2. The summed E-state index contributed by atoms with van der Waals surface area (Å²) in [5.74, 6) is 0. The first-order chi connectivity index (χ1) is 17.5. The maximum atomic E-state index is 13.3. The molecule has 3 aromatic carbocycles. The van der Waals surface area contributed by atoms with Gasteiger partial charge >= 0.3 is 0 Å².